The maximum absolute atomic E-state index is 13.3. The van der Waals surface area contributed by atoms with E-state index in [-0.39, 0.29) is 22.4 Å². The molecule has 93 heavy (non-hydrogen) atoms. The fraction of sp³-hybridized carbons (Fsp3) is 0.337. The third-order valence-corrected chi connectivity index (χ3v) is 19.8. The van der Waals surface area contributed by atoms with Crippen LogP contribution in [-0.2, 0) is 21.0 Å². The van der Waals surface area contributed by atoms with Crippen LogP contribution < -0.4 is 19.4 Å². The van der Waals surface area contributed by atoms with E-state index in [0.717, 1.165) is 78.4 Å². The lowest BCUT2D eigenvalue weighted by Crippen LogP contribution is -2.33. The number of hydrogen-bond acceptors (Lipinski definition) is 6. The number of benzene rings is 7. The Morgan fingerprint density at radius 1 is 0.484 bits per heavy atom. The quantitative estimate of drug-likeness (QED) is 0.0361. The summed E-state index contributed by atoms with van der Waals surface area (Å²) in [7, 11) is 8.08. The molecule has 484 valence electrons. The van der Waals surface area contributed by atoms with Crippen molar-refractivity contribution in [3.63, 3.8) is 0 Å². The molecule has 0 saturated heterocycles. The van der Waals surface area contributed by atoms with Crippen molar-refractivity contribution in [1.29, 1.82) is 0 Å². The molecule has 3 atom stereocenters. The molecule has 0 aromatic heterocycles. The zero-order valence-electron chi connectivity index (χ0n) is 58.3. The molecule has 0 bridgehead atoms. The van der Waals surface area contributed by atoms with Gasteiger partial charge in [0.05, 0.1) is 23.4 Å². The highest BCUT2D eigenvalue weighted by Gasteiger charge is 2.50. The number of aryl methyl sites for hydroxylation is 1. The molecule has 0 saturated carbocycles. The van der Waals surface area contributed by atoms with Crippen molar-refractivity contribution < 1.29 is 28.1 Å². The van der Waals surface area contributed by atoms with Crippen LogP contribution in [0, 0.1) is 6.92 Å². The van der Waals surface area contributed by atoms with Crippen LogP contribution in [0.5, 0.6) is 5.75 Å². The molecule has 0 radical (unpaired) electrons. The first kappa shape index (κ1) is 70.4. The highest BCUT2D eigenvalue weighted by Crippen LogP contribution is 2.47. The molecule has 3 aliphatic rings. The third-order valence-electron chi connectivity index (χ3n) is 19.3. The fourth-order valence-corrected chi connectivity index (χ4v) is 14.3. The van der Waals surface area contributed by atoms with Crippen LogP contribution in [-0.4, -0.2) is 110 Å². The standard InChI is InChI=1S/C30H32BrN2O.C27H35N2O.C26H33N2O/c1-5-33(6-2)25-16-12-22(13-17-25)14-19-29-30(3,21-28(34)23-10-8-7-9-11-23)26-18-15-24(31)20-27(26)32(29)4;1-7-10-19-27(4)24-20-23(30-6)16-17-25(24)28(5)26(27)18-13-21-11-14-22(15-12-21)29(8-2)9-3;1-7-28(8-2)22-13-10-21(11-14-22)12-16-25-26(5,18-20(4)29)23-17-19(3)9-15-24(23)27(25)6/h7-20H,5-6,21H2,1-4H3;7,10-18,20H,8-9,19H2,1-6H3;9-17H,7-8,18H2,1-6H3/q3*+1/b;10-7+;. The molecule has 0 fully saturated rings. The van der Waals surface area contributed by atoms with E-state index in [9.17, 15) is 9.59 Å². The van der Waals surface area contributed by atoms with Crippen LogP contribution >= 0.6 is 15.9 Å². The predicted octanol–water partition coefficient (Wildman–Crippen LogP) is 19.0. The number of halogens is 1. The van der Waals surface area contributed by atoms with E-state index in [4.69, 9.17) is 4.74 Å². The number of anilines is 3. The van der Waals surface area contributed by atoms with Crippen molar-refractivity contribution in [2.24, 2.45) is 0 Å². The van der Waals surface area contributed by atoms with E-state index >= 15 is 0 Å². The van der Waals surface area contributed by atoms with Gasteiger partial charge in [0.15, 0.2) is 22.9 Å². The van der Waals surface area contributed by atoms with Crippen LogP contribution in [0.25, 0.3) is 18.2 Å². The lowest BCUT2D eigenvalue weighted by atomic mass is 9.74. The summed E-state index contributed by atoms with van der Waals surface area (Å²) < 4.78 is 13.3. The smallest absolute Gasteiger partial charge is 0.210 e. The summed E-state index contributed by atoms with van der Waals surface area (Å²) >= 11 is 3.62. The number of Topliss-reactive ketones (excluding diaryl/α,β-unsaturated/α-hetero) is 2. The molecule has 0 spiro atoms. The van der Waals surface area contributed by atoms with E-state index in [0.29, 0.717) is 12.8 Å². The van der Waals surface area contributed by atoms with E-state index in [2.05, 4.69) is 312 Å². The number of carbonyl (C=O) groups excluding carboxylic acids is 2. The number of hydrogen-bond donors (Lipinski definition) is 0. The zero-order valence-corrected chi connectivity index (χ0v) is 59.9. The SMILES string of the molecule is C/C=C/CC1(C)C(/C=C/c2ccc(N(CC)CC)cc2)=[N+](C)c2ccc(OC)cc21.CCN(CC)c1ccc(/C=C/C2=[N+](C)c3cc(Br)ccc3C2(C)CC(=O)c2ccccc2)cc1.CCN(CC)c1ccc(/C=C/C2=[N+](C)c3ccc(C)cc3C2(C)CC(C)=O)cc1. The average Bonchev–Trinajstić information content (AvgIpc) is 1.61. The van der Waals surface area contributed by atoms with Gasteiger partial charge in [0.2, 0.25) is 17.1 Å². The Morgan fingerprint density at radius 2 is 0.903 bits per heavy atom. The number of fused-ring (bicyclic) bond motifs is 3. The van der Waals surface area contributed by atoms with E-state index in [1.54, 1.807) is 14.0 Å². The molecule has 0 N–H and O–H groups in total. The Hall–Kier alpha value is -8.47. The molecule has 3 unspecified atom stereocenters. The fourth-order valence-electron chi connectivity index (χ4n) is 14.0. The molecule has 10 rings (SSSR count). The van der Waals surface area contributed by atoms with Gasteiger partial charge in [0.1, 0.15) is 32.7 Å². The molecule has 7 aromatic rings. The van der Waals surface area contributed by atoms with E-state index in [1.165, 1.54) is 73.2 Å². The summed E-state index contributed by atoms with van der Waals surface area (Å²) in [5.74, 6) is 1.28. The van der Waals surface area contributed by atoms with Crippen LogP contribution in [0.15, 0.2) is 193 Å². The highest BCUT2D eigenvalue weighted by molar-refractivity contribution is 9.10. The maximum atomic E-state index is 13.3. The van der Waals surface area contributed by atoms with Gasteiger partial charge in [-0.25, -0.2) is 0 Å². The maximum Gasteiger partial charge on any atom is 0.210 e. The van der Waals surface area contributed by atoms with E-state index in [1.807, 2.05) is 36.4 Å². The molecule has 0 aliphatic carbocycles. The number of carbonyl (C=O) groups is 2. The minimum Gasteiger partial charge on any atom is -0.497 e. The average molecular weight is 1310 g/mol. The number of ketones is 2. The molecular formula is C83H100BrN6O3+3. The molecular weight excluding hydrogens is 1210 g/mol. The lowest BCUT2D eigenvalue weighted by Gasteiger charge is -2.22. The lowest BCUT2D eigenvalue weighted by molar-refractivity contribution is -0.401. The minimum atomic E-state index is -0.421. The second kappa shape index (κ2) is 31.4. The van der Waals surface area contributed by atoms with Gasteiger partial charge in [-0.2, -0.15) is 13.7 Å². The topological polar surface area (TPSA) is 62.1 Å². The molecule has 3 aliphatic heterocycles. The highest BCUT2D eigenvalue weighted by atomic mass is 79.9. The van der Waals surface area contributed by atoms with Crippen LogP contribution in [0.3, 0.4) is 0 Å². The first-order chi connectivity index (χ1) is 44.6. The largest absolute Gasteiger partial charge is 0.497 e. The number of rotatable bonds is 23. The van der Waals surface area contributed by atoms with Gasteiger partial charge < -0.3 is 19.4 Å². The molecule has 10 heteroatoms. The number of nitrogens with zero attached hydrogens (tertiary/aromatic N) is 6. The van der Waals surface area contributed by atoms with Gasteiger partial charge in [-0.3, -0.25) is 9.59 Å². The van der Waals surface area contributed by atoms with Gasteiger partial charge >= 0.3 is 0 Å². The van der Waals surface area contributed by atoms with Gasteiger partial charge in [-0.1, -0.05) is 113 Å². The molecule has 7 aromatic carbocycles. The number of methoxy groups -OCH3 is 1. The predicted molar refractivity (Wildman–Crippen MR) is 400 cm³/mol. The van der Waals surface area contributed by atoms with Gasteiger partial charge in [0, 0.05) is 132 Å². The summed E-state index contributed by atoms with van der Waals surface area (Å²) in [5, 5.41) is 0. The normalized spacial score (nSPS) is 18.0. The second-order valence-corrected chi connectivity index (χ2v) is 26.2. The summed E-state index contributed by atoms with van der Waals surface area (Å²) in [6.45, 7) is 31.8. The summed E-state index contributed by atoms with van der Waals surface area (Å²) in [6.07, 6.45) is 19.5. The Morgan fingerprint density at radius 3 is 1.33 bits per heavy atom. The first-order valence-corrected chi connectivity index (χ1v) is 34.2. The number of allylic oxidation sites excluding steroid dienone is 5. The van der Waals surface area contributed by atoms with Crippen molar-refractivity contribution in [3.8, 4) is 5.75 Å². The monoisotopic (exact) mass is 1310 g/mol. The van der Waals surface area contributed by atoms with Crippen molar-refractivity contribution in [2.75, 3.05) is 82.2 Å². The first-order valence-electron chi connectivity index (χ1n) is 33.4. The molecule has 0 amide bonds. The van der Waals surface area contributed by atoms with Gasteiger partial charge in [-0.05, 0) is 185 Å². The second-order valence-electron chi connectivity index (χ2n) is 25.3. The Balaban J connectivity index is 0.000000180. The van der Waals surface area contributed by atoms with Crippen LogP contribution in [0.4, 0.5) is 34.1 Å². The Labute approximate surface area is 565 Å². The summed E-state index contributed by atoms with van der Waals surface area (Å²) in [6, 6.07) is 55.1. The van der Waals surface area contributed by atoms with Crippen molar-refractivity contribution in [1.82, 2.24) is 0 Å². The molecule has 9 nitrogen and oxygen atoms in total. The van der Waals surface area contributed by atoms with Gasteiger partial charge in [-0.15, -0.1) is 0 Å². The molecule has 3 heterocycles. The zero-order chi connectivity index (χ0) is 67.2. The Kier molecular flexibility index (Phi) is 23.8. The summed E-state index contributed by atoms with van der Waals surface area (Å²) in [4.78, 5) is 32.5. The van der Waals surface area contributed by atoms with Crippen LogP contribution in [0.1, 0.15) is 145 Å². The third kappa shape index (κ3) is 15.6. The van der Waals surface area contributed by atoms with Gasteiger partial charge in [0.25, 0.3) is 0 Å². The van der Waals surface area contributed by atoms with Crippen molar-refractivity contribution in [3.05, 3.63) is 237 Å². The van der Waals surface area contributed by atoms with E-state index < -0.39 is 5.41 Å². The van der Waals surface area contributed by atoms with Crippen molar-refractivity contribution in [2.45, 2.75) is 119 Å². The van der Waals surface area contributed by atoms with Crippen molar-refractivity contribution >= 4 is 97.0 Å². The minimum absolute atomic E-state index is 0.0944. The van der Waals surface area contributed by atoms with Crippen LogP contribution in [0.2, 0.25) is 0 Å². The number of ether oxygens (including phenoxy) is 1. The Bertz CT molecular complexity index is 3990. The summed E-state index contributed by atoms with van der Waals surface area (Å²) in [5.41, 5.74) is 19.4.